The first-order valence-corrected chi connectivity index (χ1v) is 7.90. The Morgan fingerprint density at radius 2 is 2.15 bits per heavy atom. The fourth-order valence-corrected chi connectivity index (χ4v) is 2.88. The molecular formula is C15H19ClN2OS. The van der Waals surface area contributed by atoms with Crippen LogP contribution in [0.1, 0.15) is 30.4 Å². The predicted octanol–water partition coefficient (Wildman–Crippen LogP) is 4.60. The van der Waals surface area contributed by atoms with Gasteiger partial charge in [0.1, 0.15) is 5.76 Å². The van der Waals surface area contributed by atoms with E-state index in [1.165, 1.54) is 17.3 Å². The minimum absolute atomic E-state index is 0.638. The van der Waals surface area contributed by atoms with Gasteiger partial charge in [-0.05, 0) is 56.3 Å². The molecule has 0 aliphatic carbocycles. The Bertz CT molecular complexity index is 564. The molecular weight excluding hydrogens is 292 g/mol. The summed E-state index contributed by atoms with van der Waals surface area (Å²) in [5.41, 5.74) is 2.11. The quantitative estimate of drug-likeness (QED) is 0.792. The second-order valence-electron chi connectivity index (χ2n) is 4.66. The molecule has 1 aromatic carbocycles. The van der Waals surface area contributed by atoms with Gasteiger partial charge in [0.05, 0.1) is 10.7 Å². The number of aromatic nitrogens is 1. The zero-order chi connectivity index (χ0) is 14.5. The van der Waals surface area contributed by atoms with Gasteiger partial charge in [0.15, 0.2) is 0 Å². The summed E-state index contributed by atoms with van der Waals surface area (Å²) < 4.78 is 5.56. The van der Waals surface area contributed by atoms with E-state index < -0.39 is 0 Å². The van der Waals surface area contributed by atoms with Crippen LogP contribution in [0, 0.1) is 13.8 Å². The molecule has 0 bridgehead atoms. The molecule has 0 fully saturated rings. The monoisotopic (exact) mass is 310 g/mol. The van der Waals surface area contributed by atoms with E-state index in [0.29, 0.717) is 5.22 Å². The summed E-state index contributed by atoms with van der Waals surface area (Å²) in [6.45, 7) is 7.86. The highest BCUT2D eigenvalue weighted by Crippen LogP contribution is 2.34. The van der Waals surface area contributed by atoms with Crippen molar-refractivity contribution in [3.8, 4) is 0 Å². The number of halogens is 1. The summed E-state index contributed by atoms with van der Waals surface area (Å²) >= 11 is 7.78. The van der Waals surface area contributed by atoms with Crippen molar-refractivity contribution >= 4 is 23.4 Å². The van der Waals surface area contributed by atoms with Gasteiger partial charge in [-0.15, -0.1) is 0 Å². The summed E-state index contributed by atoms with van der Waals surface area (Å²) in [6, 6.07) is 6.10. The van der Waals surface area contributed by atoms with E-state index in [2.05, 4.69) is 23.3 Å². The first kappa shape index (κ1) is 15.4. The molecule has 0 radical (unpaired) electrons. The average Bonchev–Trinajstić information content (AvgIpc) is 2.72. The maximum absolute atomic E-state index is 6.32. The number of rotatable bonds is 6. The topological polar surface area (TPSA) is 38.1 Å². The molecule has 0 unspecified atom stereocenters. The summed E-state index contributed by atoms with van der Waals surface area (Å²) in [5, 5.41) is 4.74. The molecule has 0 saturated carbocycles. The highest BCUT2D eigenvalue weighted by atomic mass is 35.5. The molecule has 0 spiro atoms. The molecule has 0 aliphatic rings. The Balaban J connectivity index is 2.05. The van der Waals surface area contributed by atoms with Gasteiger partial charge in [0, 0.05) is 11.4 Å². The summed E-state index contributed by atoms with van der Waals surface area (Å²) in [7, 11) is 0. The lowest BCUT2D eigenvalue weighted by molar-refractivity contribution is 0.431. The number of hydrogen-bond donors (Lipinski definition) is 1. The van der Waals surface area contributed by atoms with E-state index in [9.17, 15) is 0 Å². The van der Waals surface area contributed by atoms with Crippen LogP contribution in [0.4, 0.5) is 0 Å². The molecule has 2 aromatic rings. The third-order valence-corrected chi connectivity index (χ3v) is 4.31. The second kappa shape index (κ2) is 7.16. The van der Waals surface area contributed by atoms with Crippen molar-refractivity contribution in [2.24, 2.45) is 0 Å². The Kier molecular flexibility index (Phi) is 5.52. The zero-order valence-corrected chi connectivity index (χ0v) is 13.6. The van der Waals surface area contributed by atoms with E-state index in [0.717, 1.165) is 40.9 Å². The van der Waals surface area contributed by atoms with Crippen LogP contribution >= 0.6 is 23.4 Å². The first-order valence-electron chi connectivity index (χ1n) is 6.71. The Morgan fingerprint density at radius 1 is 1.35 bits per heavy atom. The average molecular weight is 311 g/mol. The summed E-state index contributed by atoms with van der Waals surface area (Å²) in [5.74, 6) is 0.851. The number of benzene rings is 1. The van der Waals surface area contributed by atoms with E-state index in [1.807, 2.05) is 26.0 Å². The maximum atomic E-state index is 6.32. The number of nitrogens with zero attached hydrogens (tertiary/aromatic N) is 1. The predicted molar refractivity (Wildman–Crippen MR) is 83.5 cm³/mol. The molecule has 0 atom stereocenters. The van der Waals surface area contributed by atoms with Gasteiger partial charge in [-0.25, -0.2) is 4.98 Å². The van der Waals surface area contributed by atoms with Gasteiger partial charge in [-0.2, -0.15) is 0 Å². The molecule has 3 nitrogen and oxygen atoms in total. The third-order valence-electron chi connectivity index (χ3n) is 2.96. The lowest BCUT2D eigenvalue weighted by atomic mass is 10.2. The molecule has 1 heterocycles. The van der Waals surface area contributed by atoms with Crippen molar-refractivity contribution in [1.29, 1.82) is 0 Å². The van der Waals surface area contributed by atoms with Crippen LogP contribution in [0.2, 0.25) is 5.02 Å². The fraction of sp³-hybridized carbons (Fsp3) is 0.400. The highest BCUT2D eigenvalue weighted by molar-refractivity contribution is 7.99. The molecule has 0 aliphatic heterocycles. The molecule has 108 valence electrons. The number of hydrogen-bond acceptors (Lipinski definition) is 4. The normalized spacial score (nSPS) is 11.0. The second-order valence-corrected chi connectivity index (χ2v) is 6.07. The maximum Gasteiger partial charge on any atom is 0.261 e. The van der Waals surface area contributed by atoms with Gasteiger partial charge in [0.2, 0.25) is 0 Å². The number of oxazole rings is 1. The number of aryl methyl sites for hydroxylation is 2. The Labute approximate surface area is 129 Å². The SMILES string of the molecule is CCCNCc1ccc(Sc2nc(C)c(C)o2)c(Cl)c1. The molecule has 1 N–H and O–H groups in total. The third kappa shape index (κ3) is 4.01. The van der Waals surface area contributed by atoms with E-state index in [-0.39, 0.29) is 0 Å². The molecule has 0 amide bonds. The molecule has 5 heteroatoms. The smallest absolute Gasteiger partial charge is 0.261 e. The van der Waals surface area contributed by atoms with E-state index in [4.69, 9.17) is 16.0 Å². The van der Waals surface area contributed by atoms with Gasteiger partial charge < -0.3 is 9.73 Å². The van der Waals surface area contributed by atoms with Crippen molar-refractivity contribution in [2.45, 2.75) is 43.9 Å². The van der Waals surface area contributed by atoms with E-state index in [1.54, 1.807) is 0 Å². The molecule has 1 aromatic heterocycles. The van der Waals surface area contributed by atoms with Gasteiger partial charge in [0.25, 0.3) is 5.22 Å². The molecule has 20 heavy (non-hydrogen) atoms. The van der Waals surface area contributed by atoms with Crippen molar-refractivity contribution in [1.82, 2.24) is 10.3 Å². The van der Waals surface area contributed by atoms with Gasteiger partial charge in [-0.3, -0.25) is 0 Å². The summed E-state index contributed by atoms with van der Waals surface area (Å²) in [6.07, 6.45) is 1.13. The van der Waals surface area contributed by atoms with Crippen LogP contribution in [0.25, 0.3) is 0 Å². The van der Waals surface area contributed by atoms with Crippen molar-refractivity contribution in [3.63, 3.8) is 0 Å². The number of nitrogens with one attached hydrogen (secondary N) is 1. The largest absolute Gasteiger partial charge is 0.436 e. The van der Waals surface area contributed by atoms with Gasteiger partial charge in [-0.1, -0.05) is 24.6 Å². The molecule has 2 rings (SSSR count). The van der Waals surface area contributed by atoms with Crippen LogP contribution in [0.5, 0.6) is 0 Å². The summed E-state index contributed by atoms with van der Waals surface area (Å²) in [4.78, 5) is 5.32. The standard InChI is InChI=1S/C15H19ClN2OS/c1-4-7-17-9-12-5-6-14(13(16)8-12)20-15-18-10(2)11(3)19-15/h5-6,8,17H,4,7,9H2,1-3H3. The van der Waals surface area contributed by atoms with Crippen LogP contribution < -0.4 is 5.32 Å². The Hall–Kier alpha value is -0.970. The van der Waals surface area contributed by atoms with Crippen LogP contribution in [-0.4, -0.2) is 11.5 Å². The lowest BCUT2D eigenvalue weighted by Gasteiger charge is -2.06. The highest BCUT2D eigenvalue weighted by Gasteiger charge is 2.10. The van der Waals surface area contributed by atoms with Crippen LogP contribution in [0.15, 0.2) is 32.7 Å². The van der Waals surface area contributed by atoms with Crippen LogP contribution in [-0.2, 0) is 6.54 Å². The van der Waals surface area contributed by atoms with E-state index >= 15 is 0 Å². The van der Waals surface area contributed by atoms with Crippen molar-refractivity contribution < 1.29 is 4.42 Å². The minimum atomic E-state index is 0.638. The first-order chi connectivity index (χ1) is 9.60. The van der Waals surface area contributed by atoms with Crippen molar-refractivity contribution in [2.75, 3.05) is 6.54 Å². The molecule has 0 saturated heterocycles. The lowest BCUT2D eigenvalue weighted by Crippen LogP contribution is -2.13. The zero-order valence-electron chi connectivity index (χ0n) is 12.0. The Morgan fingerprint density at radius 3 is 2.75 bits per heavy atom. The fourth-order valence-electron chi connectivity index (χ4n) is 1.73. The van der Waals surface area contributed by atoms with Crippen LogP contribution in [0.3, 0.4) is 0 Å². The van der Waals surface area contributed by atoms with Gasteiger partial charge >= 0.3 is 0 Å². The minimum Gasteiger partial charge on any atom is -0.436 e. The van der Waals surface area contributed by atoms with Crippen molar-refractivity contribution in [3.05, 3.63) is 40.2 Å².